The van der Waals surface area contributed by atoms with Crippen molar-refractivity contribution in [3.05, 3.63) is 23.9 Å². The highest BCUT2D eigenvalue weighted by molar-refractivity contribution is 5.15. The van der Waals surface area contributed by atoms with Crippen molar-refractivity contribution in [3.63, 3.8) is 0 Å². The maximum atomic E-state index is 2.33. The van der Waals surface area contributed by atoms with E-state index in [4.69, 9.17) is 0 Å². The summed E-state index contributed by atoms with van der Waals surface area (Å²) in [4.78, 5) is 2.33. The third-order valence-electron chi connectivity index (χ3n) is 1.76. The number of hydrogen-bond acceptors (Lipinski definition) is 1. The van der Waals surface area contributed by atoms with Crippen molar-refractivity contribution in [1.82, 2.24) is 4.90 Å². The summed E-state index contributed by atoms with van der Waals surface area (Å²) in [6, 6.07) is 0. The summed E-state index contributed by atoms with van der Waals surface area (Å²) < 4.78 is 0. The van der Waals surface area contributed by atoms with Crippen LogP contribution in [-0.4, -0.2) is 18.0 Å². The van der Waals surface area contributed by atoms with Crippen LogP contribution in [0.15, 0.2) is 23.9 Å². The van der Waals surface area contributed by atoms with E-state index in [1.165, 1.54) is 5.70 Å². The van der Waals surface area contributed by atoms with Gasteiger partial charge < -0.3 is 4.90 Å². The Hall–Kier alpha value is -0.720. The van der Waals surface area contributed by atoms with Gasteiger partial charge in [0.1, 0.15) is 0 Å². The first-order valence-electron chi connectivity index (χ1n) is 6.34. The molecule has 0 rings (SSSR count). The van der Waals surface area contributed by atoms with Gasteiger partial charge in [0.2, 0.25) is 0 Å². The van der Waals surface area contributed by atoms with Crippen molar-refractivity contribution >= 4 is 0 Å². The highest BCUT2D eigenvalue weighted by atomic mass is 15.1. The van der Waals surface area contributed by atoms with Gasteiger partial charge in [0.25, 0.3) is 0 Å². The molecule has 0 amide bonds. The van der Waals surface area contributed by atoms with E-state index >= 15 is 0 Å². The highest BCUT2D eigenvalue weighted by Gasteiger charge is 1.98. The van der Waals surface area contributed by atoms with Gasteiger partial charge in [-0.1, -0.05) is 39.8 Å². The van der Waals surface area contributed by atoms with Crippen LogP contribution in [0.1, 0.15) is 55.4 Å². The molecule has 0 aliphatic heterocycles. The summed E-state index contributed by atoms with van der Waals surface area (Å²) in [5, 5.41) is 0. The zero-order valence-corrected chi connectivity index (χ0v) is 12.1. The number of rotatable bonds is 4. The molecule has 0 radical (unpaired) electrons. The van der Waals surface area contributed by atoms with E-state index < -0.39 is 0 Å². The minimum Gasteiger partial charge on any atom is -0.372 e. The number of likely N-dealkylation sites (N-methyl/N-ethyl adjacent to an activating group) is 1. The molecule has 0 spiro atoms. The molecule has 0 atom stereocenters. The normalized spacial score (nSPS) is 10.0. The molecule has 1 nitrogen and oxygen atoms in total. The van der Waals surface area contributed by atoms with E-state index in [1.54, 1.807) is 0 Å². The standard InChI is InChI=1S/C10H19N.2C2H6/c1-5-9-10(6-2)11(7-3)8-4;2*1-2/h5-6,9H,7-8H2,1-4H3;2*1-2H3/b9-5-,10-6+;;. The lowest BCUT2D eigenvalue weighted by Crippen LogP contribution is -2.20. The third-order valence-corrected chi connectivity index (χ3v) is 1.76. The second-order valence-electron chi connectivity index (χ2n) is 2.39. The van der Waals surface area contributed by atoms with Crippen LogP contribution in [0.25, 0.3) is 0 Å². The smallest absolute Gasteiger partial charge is 0.0319 e. The second-order valence-corrected chi connectivity index (χ2v) is 2.39. The highest BCUT2D eigenvalue weighted by Crippen LogP contribution is 2.04. The van der Waals surface area contributed by atoms with Gasteiger partial charge in [-0.3, -0.25) is 0 Å². The summed E-state index contributed by atoms with van der Waals surface area (Å²) in [5.41, 5.74) is 1.32. The Morgan fingerprint density at radius 1 is 0.933 bits per heavy atom. The predicted octanol–water partition coefficient (Wildman–Crippen LogP) is 4.86. The van der Waals surface area contributed by atoms with Crippen LogP contribution < -0.4 is 0 Å². The summed E-state index contributed by atoms with van der Waals surface area (Å²) in [7, 11) is 0. The van der Waals surface area contributed by atoms with Crippen LogP contribution in [0.4, 0.5) is 0 Å². The molecule has 0 aliphatic rings. The van der Waals surface area contributed by atoms with Crippen LogP contribution in [0.2, 0.25) is 0 Å². The van der Waals surface area contributed by atoms with E-state index in [0.29, 0.717) is 0 Å². The molecule has 0 bridgehead atoms. The predicted molar refractivity (Wildman–Crippen MR) is 74.2 cm³/mol. The Morgan fingerprint density at radius 2 is 1.33 bits per heavy atom. The number of hydrogen-bond donors (Lipinski definition) is 0. The Labute approximate surface area is 97.9 Å². The lowest BCUT2D eigenvalue weighted by molar-refractivity contribution is 0.394. The van der Waals surface area contributed by atoms with Gasteiger partial charge in [-0.15, -0.1) is 0 Å². The monoisotopic (exact) mass is 213 g/mol. The molecule has 0 aromatic carbocycles. The van der Waals surface area contributed by atoms with Crippen molar-refractivity contribution in [2.24, 2.45) is 0 Å². The minimum atomic E-state index is 1.08. The molecule has 0 saturated carbocycles. The lowest BCUT2D eigenvalue weighted by atomic mass is 10.3. The van der Waals surface area contributed by atoms with Gasteiger partial charge >= 0.3 is 0 Å². The molecule has 15 heavy (non-hydrogen) atoms. The van der Waals surface area contributed by atoms with Gasteiger partial charge in [-0.25, -0.2) is 0 Å². The first-order chi connectivity index (χ1) is 7.29. The Kier molecular flexibility index (Phi) is 25.0. The average molecular weight is 213 g/mol. The molecule has 0 aromatic heterocycles. The quantitative estimate of drug-likeness (QED) is 0.603. The molecule has 0 N–H and O–H groups in total. The van der Waals surface area contributed by atoms with Gasteiger partial charge in [0.15, 0.2) is 0 Å². The molecular weight excluding hydrogens is 182 g/mol. The van der Waals surface area contributed by atoms with Crippen molar-refractivity contribution in [3.8, 4) is 0 Å². The summed E-state index contributed by atoms with van der Waals surface area (Å²) in [6.07, 6.45) is 6.37. The third kappa shape index (κ3) is 11.2. The molecule has 0 fully saturated rings. The van der Waals surface area contributed by atoms with Gasteiger partial charge in [-0.2, -0.15) is 0 Å². The Balaban J connectivity index is -0.000000318. The molecule has 0 saturated heterocycles. The van der Waals surface area contributed by atoms with Crippen molar-refractivity contribution in [1.29, 1.82) is 0 Å². The zero-order valence-electron chi connectivity index (χ0n) is 12.1. The summed E-state index contributed by atoms with van der Waals surface area (Å²) in [5.74, 6) is 0. The first kappa shape index (κ1) is 19.8. The second kappa shape index (κ2) is 18.9. The maximum absolute atomic E-state index is 2.33. The Bertz CT molecular complexity index is 141. The molecular formula is C14H31N. The summed E-state index contributed by atoms with van der Waals surface area (Å²) in [6.45, 7) is 18.6. The van der Waals surface area contributed by atoms with Crippen molar-refractivity contribution in [2.75, 3.05) is 13.1 Å². The van der Waals surface area contributed by atoms with E-state index in [9.17, 15) is 0 Å². The van der Waals surface area contributed by atoms with Crippen LogP contribution in [-0.2, 0) is 0 Å². The minimum absolute atomic E-state index is 1.08. The van der Waals surface area contributed by atoms with Gasteiger partial charge in [0.05, 0.1) is 0 Å². The topological polar surface area (TPSA) is 3.24 Å². The van der Waals surface area contributed by atoms with Crippen LogP contribution in [0.5, 0.6) is 0 Å². The lowest BCUT2D eigenvalue weighted by Gasteiger charge is -2.21. The van der Waals surface area contributed by atoms with Crippen molar-refractivity contribution < 1.29 is 0 Å². The Morgan fingerprint density at radius 3 is 1.53 bits per heavy atom. The molecule has 0 unspecified atom stereocenters. The molecule has 92 valence electrons. The van der Waals surface area contributed by atoms with Gasteiger partial charge in [0, 0.05) is 18.8 Å². The SMILES string of the molecule is C/C=C\C(=C/C)N(CC)CC.CC.CC. The van der Waals surface area contributed by atoms with Crippen LogP contribution in [0.3, 0.4) is 0 Å². The maximum Gasteiger partial charge on any atom is 0.0319 e. The van der Waals surface area contributed by atoms with Crippen LogP contribution >= 0.6 is 0 Å². The molecule has 0 heterocycles. The van der Waals surface area contributed by atoms with E-state index in [0.717, 1.165) is 13.1 Å². The molecule has 1 heteroatoms. The molecule has 0 aliphatic carbocycles. The summed E-state index contributed by atoms with van der Waals surface area (Å²) >= 11 is 0. The fraction of sp³-hybridized carbons (Fsp3) is 0.714. The van der Waals surface area contributed by atoms with Crippen LogP contribution in [0, 0.1) is 0 Å². The van der Waals surface area contributed by atoms with Gasteiger partial charge in [-0.05, 0) is 33.8 Å². The van der Waals surface area contributed by atoms with E-state index in [1.807, 2.05) is 34.6 Å². The number of allylic oxidation sites excluding steroid dienone is 3. The average Bonchev–Trinajstić information content (AvgIpc) is 2.34. The zero-order chi connectivity index (χ0) is 12.7. The first-order valence-corrected chi connectivity index (χ1v) is 6.34. The fourth-order valence-electron chi connectivity index (χ4n) is 1.14. The van der Waals surface area contributed by atoms with Crippen molar-refractivity contribution in [2.45, 2.75) is 55.4 Å². The number of nitrogens with zero attached hydrogens (tertiary/aromatic N) is 1. The largest absolute Gasteiger partial charge is 0.372 e. The van der Waals surface area contributed by atoms with E-state index in [2.05, 4.69) is 43.9 Å². The van der Waals surface area contributed by atoms with E-state index in [-0.39, 0.29) is 0 Å². The fourth-order valence-corrected chi connectivity index (χ4v) is 1.14. The molecule has 0 aromatic rings.